The Hall–Kier alpha value is -1.24. The van der Waals surface area contributed by atoms with Gasteiger partial charge in [-0.1, -0.05) is 0 Å². The van der Waals surface area contributed by atoms with Crippen molar-refractivity contribution < 1.29 is 9.90 Å². The minimum Gasteiger partial charge on any atom is -0.394 e. The van der Waals surface area contributed by atoms with Crippen LogP contribution < -0.4 is 0 Å². The summed E-state index contributed by atoms with van der Waals surface area (Å²) in [5.74, 6) is 0.0121. The average Bonchev–Trinajstić information content (AvgIpc) is 3.17. The van der Waals surface area contributed by atoms with Crippen LogP contribution in [-0.2, 0) is 0 Å². The van der Waals surface area contributed by atoms with Crippen molar-refractivity contribution in [3.8, 4) is 10.6 Å². The third-order valence-corrected chi connectivity index (χ3v) is 5.49. The molecule has 6 heteroatoms. The molecular formula is C14H16N2O2S2. The molecule has 3 rings (SSSR count). The van der Waals surface area contributed by atoms with Crippen molar-refractivity contribution in [3.05, 3.63) is 27.4 Å². The maximum atomic E-state index is 12.6. The van der Waals surface area contributed by atoms with Crippen molar-refractivity contribution in [2.24, 2.45) is 0 Å². The standard InChI is InChI=1S/C14H16N2O2S2/c1-9-12(14(18)16-5-2-3-11(16)7-17)20-13(15-9)10-4-6-19-8-10/h4,6,8,11,17H,2-3,5,7H2,1H3/t11-/m1/s1. The first kappa shape index (κ1) is 13.7. The number of carbonyl (C=O) groups excluding carboxylic acids is 1. The van der Waals surface area contributed by atoms with E-state index in [0.717, 1.165) is 35.7 Å². The molecule has 4 nitrogen and oxygen atoms in total. The highest BCUT2D eigenvalue weighted by atomic mass is 32.1. The number of carbonyl (C=O) groups is 1. The Morgan fingerprint density at radius 3 is 3.15 bits per heavy atom. The van der Waals surface area contributed by atoms with Gasteiger partial charge in [-0.3, -0.25) is 4.79 Å². The fourth-order valence-electron chi connectivity index (χ4n) is 2.53. The number of rotatable bonds is 3. The van der Waals surface area contributed by atoms with Crippen molar-refractivity contribution in [1.29, 1.82) is 0 Å². The number of aryl methyl sites for hydroxylation is 1. The lowest BCUT2D eigenvalue weighted by Gasteiger charge is -2.22. The molecule has 0 aliphatic carbocycles. The quantitative estimate of drug-likeness (QED) is 0.948. The number of amides is 1. The Morgan fingerprint density at radius 2 is 2.45 bits per heavy atom. The number of aliphatic hydroxyl groups excluding tert-OH is 1. The third-order valence-electron chi connectivity index (χ3n) is 3.61. The van der Waals surface area contributed by atoms with Crippen molar-refractivity contribution >= 4 is 28.6 Å². The monoisotopic (exact) mass is 308 g/mol. The molecule has 3 heterocycles. The molecule has 1 saturated heterocycles. The summed E-state index contributed by atoms with van der Waals surface area (Å²) in [6.45, 7) is 2.65. The number of hydrogen-bond donors (Lipinski definition) is 1. The van der Waals surface area contributed by atoms with Gasteiger partial charge < -0.3 is 10.0 Å². The second-order valence-corrected chi connectivity index (χ2v) is 6.70. The molecule has 1 atom stereocenters. The fourth-order valence-corrected chi connectivity index (χ4v) is 4.26. The zero-order chi connectivity index (χ0) is 14.1. The summed E-state index contributed by atoms with van der Waals surface area (Å²) in [7, 11) is 0. The molecule has 1 aliphatic rings. The summed E-state index contributed by atoms with van der Waals surface area (Å²) in [5, 5.41) is 14.3. The minimum absolute atomic E-state index is 0.0121. The van der Waals surface area contributed by atoms with E-state index < -0.39 is 0 Å². The lowest BCUT2D eigenvalue weighted by atomic mass is 10.2. The van der Waals surface area contributed by atoms with Crippen LogP contribution in [0.2, 0.25) is 0 Å². The van der Waals surface area contributed by atoms with Gasteiger partial charge in [-0.25, -0.2) is 4.98 Å². The molecule has 0 spiro atoms. The summed E-state index contributed by atoms with van der Waals surface area (Å²) < 4.78 is 0. The van der Waals surface area contributed by atoms with Crippen molar-refractivity contribution in [2.75, 3.05) is 13.2 Å². The number of aromatic nitrogens is 1. The van der Waals surface area contributed by atoms with Gasteiger partial charge in [0.1, 0.15) is 9.88 Å². The highest BCUT2D eigenvalue weighted by Gasteiger charge is 2.31. The van der Waals surface area contributed by atoms with E-state index in [4.69, 9.17) is 0 Å². The highest BCUT2D eigenvalue weighted by molar-refractivity contribution is 7.17. The van der Waals surface area contributed by atoms with E-state index in [-0.39, 0.29) is 18.6 Å². The van der Waals surface area contributed by atoms with E-state index in [1.165, 1.54) is 11.3 Å². The van der Waals surface area contributed by atoms with Gasteiger partial charge in [0.15, 0.2) is 0 Å². The Bertz CT molecular complexity index is 607. The molecule has 0 saturated carbocycles. The Kier molecular flexibility index (Phi) is 3.87. The van der Waals surface area contributed by atoms with Crippen LogP contribution in [0.15, 0.2) is 16.8 Å². The predicted molar refractivity (Wildman–Crippen MR) is 81.3 cm³/mol. The van der Waals surface area contributed by atoms with Crippen LogP contribution in [0.25, 0.3) is 10.6 Å². The average molecular weight is 308 g/mol. The second kappa shape index (κ2) is 5.63. The molecule has 0 aromatic carbocycles. The zero-order valence-corrected chi connectivity index (χ0v) is 12.8. The Morgan fingerprint density at radius 1 is 1.60 bits per heavy atom. The van der Waals surface area contributed by atoms with Crippen LogP contribution in [0.4, 0.5) is 0 Å². The van der Waals surface area contributed by atoms with Crippen molar-refractivity contribution in [2.45, 2.75) is 25.8 Å². The third kappa shape index (κ3) is 2.39. The van der Waals surface area contributed by atoms with Gasteiger partial charge >= 0.3 is 0 Å². The number of hydrogen-bond acceptors (Lipinski definition) is 5. The van der Waals surface area contributed by atoms with Crippen molar-refractivity contribution in [3.63, 3.8) is 0 Å². The first-order chi connectivity index (χ1) is 9.70. The molecule has 2 aromatic rings. The lowest BCUT2D eigenvalue weighted by molar-refractivity contribution is 0.0681. The molecule has 1 amide bonds. The number of nitrogens with zero attached hydrogens (tertiary/aromatic N) is 2. The van der Waals surface area contributed by atoms with Gasteiger partial charge in [-0.05, 0) is 31.2 Å². The van der Waals surface area contributed by atoms with Crippen LogP contribution >= 0.6 is 22.7 Å². The largest absolute Gasteiger partial charge is 0.394 e. The Labute approximate surface area is 125 Å². The maximum Gasteiger partial charge on any atom is 0.266 e. The maximum absolute atomic E-state index is 12.6. The summed E-state index contributed by atoms with van der Waals surface area (Å²) in [4.78, 5) is 19.6. The number of thiophene rings is 1. The number of aliphatic hydroxyl groups is 1. The smallest absolute Gasteiger partial charge is 0.266 e. The predicted octanol–water partition coefficient (Wildman–Crippen LogP) is 2.78. The summed E-state index contributed by atoms with van der Waals surface area (Å²) in [5.41, 5.74) is 1.85. The molecule has 20 heavy (non-hydrogen) atoms. The molecular weight excluding hydrogens is 292 g/mol. The first-order valence-electron chi connectivity index (χ1n) is 6.62. The lowest BCUT2D eigenvalue weighted by Crippen LogP contribution is -2.37. The van der Waals surface area contributed by atoms with Gasteiger partial charge in [0, 0.05) is 17.5 Å². The van der Waals surface area contributed by atoms with Crippen LogP contribution in [0.1, 0.15) is 28.2 Å². The number of likely N-dealkylation sites (tertiary alicyclic amines) is 1. The summed E-state index contributed by atoms with van der Waals surface area (Å²) >= 11 is 3.07. The van der Waals surface area contributed by atoms with E-state index in [1.807, 2.05) is 23.8 Å². The van der Waals surface area contributed by atoms with Gasteiger partial charge in [0.05, 0.1) is 18.3 Å². The molecule has 1 N–H and O–H groups in total. The van der Waals surface area contributed by atoms with Gasteiger partial charge in [0.25, 0.3) is 5.91 Å². The van der Waals surface area contributed by atoms with E-state index >= 15 is 0 Å². The van der Waals surface area contributed by atoms with E-state index in [0.29, 0.717) is 4.88 Å². The van der Waals surface area contributed by atoms with E-state index in [2.05, 4.69) is 4.98 Å². The van der Waals surface area contributed by atoms with E-state index in [9.17, 15) is 9.90 Å². The normalized spacial score (nSPS) is 18.7. The topological polar surface area (TPSA) is 53.4 Å². The summed E-state index contributed by atoms with van der Waals surface area (Å²) in [6, 6.07) is 1.98. The second-order valence-electron chi connectivity index (χ2n) is 4.92. The van der Waals surface area contributed by atoms with Gasteiger partial charge in [-0.2, -0.15) is 11.3 Å². The minimum atomic E-state index is -0.0337. The van der Waals surface area contributed by atoms with Crippen LogP contribution in [0, 0.1) is 6.92 Å². The van der Waals surface area contributed by atoms with Crippen molar-refractivity contribution in [1.82, 2.24) is 9.88 Å². The Balaban J connectivity index is 1.89. The molecule has 2 aromatic heterocycles. The molecule has 1 fully saturated rings. The van der Waals surface area contributed by atoms with Crippen LogP contribution in [0.5, 0.6) is 0 Å². The summed E-state index contributed by atoms with van der Waals surface area (Å²) in [6.07, 6.45) is 1.85. The SMILES string of the molecule is Cc1nc(-c2ccsc2)sc1C(=O)N1CCC[C@@H]1CO. The highest BCUT2D eigenvalue weighted by Crippen LogP contribution is 2.31. The molecule has 0 bridgehead atoms. The number of thiazole rings is 1. The van der Waals surface area contributed by atoms with Gasteiger partial charge in [-0.15, -0.1) is 11.3 Å². The van der Waals surface area contributed by atoms with Crippen LogP contribution in [-0.4, -0.2) is 40.1 Å². The molecule has 1 aliphatic heterocycles. The molecule has 0 radical (unpaired) electrons. The first-order valence-corrected chi connectivity index (χ1v) is 8.38. The van der Waals surface area contributed by atoms with E-state index in [1.54, 1.807) is 16.2 Å². The van der Waals surface area contributed by atoms with Gasteiger partial charge in [0.2, 0.25) is 0 Å². The molecule has 106 valence electrons. The fraction of sp³-hybridized carbons (Fsp3) is 0.429. The van der Waals surface area contributed by atoms with Crippen LogP contribution in [0.3, 0.4) is 0 Å². The molecule has 0 unspecified atom stereocenters. The zero-order valence-electron chi connectivity index (χ0n) is 11.2.